The third-order valence-electron chi connectivity index (χ3n) is 6.19. The van der Waals surface area contributed by atoms with E-state index in [1.807, 2.05) is 0 Å². The van der Waals surface area contributed by atoms with Crippen molar-refractivity contribution in [2.45, 2.75) is 116 Å². The molecule has 1 heteroatoms. The van der Waals surface area contributed by atoms with Crippen molar-refractivity contribution in [2.75, 3.05) is 0 Å². The van der Waals surface area contributed by atoms with Crippen LogP contribution >= 0.6 is 0 Å². The fourth-order valence-corrected chi connectivity index (χ4v) is 8.62. The van der Waals surface area contributed by atoms with Gasteiger partial charge >= 0.3 is 0 Å². The van der Waals surface area contributed by atoms with Crippen molar-refractivity contribution in [1.29, 1.82) is 0 Å². The highest BCUT2D eigenvalue weighted by Gasteiger charge is 2.31. The van der Waals surface area contributed by atoms with Gasteiger partial charge in [0.05, 0.1) is 8.07 Å². The van der Waals surface area contributed by atoms with Crippen LogP contribution in [0.2, 0.25) is 18.1 Å². The first-order chi connectivity index (χ1) is 14.3. The van der Waals surface area contributed by atoms with E-state index in [-0.39, 0.29) is 0 Å². The lowest BCUT2D eigenvalue weighted by atomic mass is 10.2. The average Bonchev–Trinajstić information content (AvgIpc) is 2.76. The van der Waals surface area contributed by atoms with Crippen LogP contribution in [-0.4, -0.2) is 8.07 Å². The molecule has 0 fully saturated rings. The molecule has 0 amide bonds. The molecule has 0 aliphatic rings. The van der Waals surface area contributed by atoms with E-state index in [4.69, 9.17) is 0 Å². The van der Waals surface area contributed by atoms with Crippen LogP contribution in [0.25, 0.3) is 0 Å². The van der Waals surface area contributed by atoms with E-state index in [1.54, 1.807) is 5.19 Å². The molecule has 29 heavy (non-hydrogen) atoms. The van der Waals surface area contributed by atoms with E-state index in [9.17, 15) is 0 Å². The normalized spacial score (nSPS) is 14.0. The van der Waals surface area contributed by atoms with Crippen LogP contribution < -0.4 is 5.19 Å². The summed E-state index contributed by atoms with van der Waals surface area (Å²) in [7, 11) is -1.53. The Morgan fingerprint density at radius 3 is 1.62 bits per heavy atom. The highest BCUT2D eigenvalue weighted by atomic mass is 28.3. The third kappa shape index (κ3) is 11.6. The number of benzene rings is 1. The van der Waals surface area contributed by atoms with E-state index in [1.165, 1.54) is 95.2 Å². The van der Waals surface area contributed by atoms with Crippen LogP contribution in [-0.2, 0) is 0 Å². The van der Waals surface area contributed by atoms with Gasteiger partial charge in [0.25, 0.3) is 0 Å². The Bertz CT molecular complexity index is 507. The minimum atomic E-state index is -1.53. The Hall–Kier alpha value is -1.08. The third-order valence-corrected chi connectivity index (χ3v) is 11.1. The molecule has 0 aromatic heterocycles. The largest absolute Gasteiger partial charge is 0.0940 e. The number of unbranched alkanes of at least 4 members (excludes halogenated alkanes) is 9. The van der Waals surface area contributed by atoms with Crippen LogP contribution in [0.5, 0.6) is 0 Å². The Morgan fingerprint density at radius 1 is 0.586 bits per heavy atom. The van der Waals surface area contributed by atoms with Gasteiger partial charge in [-0.1, -0.05) is 138 Å². The lowest BCUT2D eigenvalue weighted by Crippen LogP contribution is -2.46. The van der Waals surface area contributed by atoms with Gasteiger partial charge in [-0.15, -0.1) is 0 Å². The van der Waals surface area contributed by atoms with Crippen LogP contribution in [0.3, 0.4) is 0 Å². The van der Waals surface area contributed by atoms with Gasteiger partial charge in [-0.2, -0.15) is 0 Å². The molecule has 1 rings (SSSR count). The van der Waals surface area contributed by atoms with Gasteiger partial charge in [-0.05, 0) is 37.8 Å². The van der Waals surface area contributed by atoms with Gasteiger partial charge < -0.3 is 0 Å². The van der Waals surface area contributed by atoms with Gasteiger partial charge in [0.2, 0.25) is 0 Å². The zero-order valence-electron chi connectivity index (χ0n) is 19.8. The lowest BCUT2D eigenvalue weighted by molar-refractivity contribution is 0.696. The quantitative estimate of drug-likeness (QED) is 0.128. The summed E-state index contributed by atoms with van der Waals surface area (Å²) < 4.78 is 0. The maximum atomic E-state index is 2.56. The molecule has 0 heterocycles. The van der Waals surface area contributed by atoms with E-state index >= 15 is 0 Å². The number of rotatable bonds is 18. The monoisotopic (exact) mass is 412 g/mol. The van der Waals surface area contributed by atoms with E-state index in [2.05, 4.69) is 75.4 Å². The first-order valence-corrected chi connectivity index (χ1v) is 15.3. The summed E-state index contributed by atoms with van der Waals surface area (Å²) in [6, 6.07) is 15.6. The molecule has 0 N–H and O–H groups in total. The van der Waals surface area contributed by atoms with Crippen molar-refractivity contribution in [3.05, 3.63) is 54.6 Å². The summed E-state index contributed by atoms with van der Waals surface area (Å²) in [5, 5.41) is 1.67. The Balaban J connectivity index is 2.88. The smallest absolute Gasteiger partial charge is 0.0909 e. The number of allylic oxidation sites excluding steroid dienone is 4. The van der Waals surface area contributed by atoms with Gasteiger partial charge in [0, 0.05) is 0 Å². The average molecular weight is 413 g/mol. The summed E-state index contributed by atoms with van der Waals surface area (Å²) >= 11 is 0. The van der Waals surface area contributed by atoms with Gasteiger partial charge in [-0.3, -0.25) is 0 Å². The standard InChI is InChI=1S/C28H48Si/c1-4-7-10-13-15-21-26-29(25-20-12-9-6-3,28-23-18-17-19-24-28)27-22-16-14-11-8-5-2/h15-19,21-24H,4-14,20,25-27H2,1-3H3. The molecule has 0 aliphatic heterocycles. The van der Waals surface area contributed by atoms with Crippen LogP contribution in [0.4, 0.5) is 0 Å². The Kier molecular flexibility index (Phi) is 15.9. The predicted molar refractivity (Wildman–Crippen MR) is 137 cm³/mol. The SMILES string of the molecule is CCCCCC=CC[Si](CC=CCCCCC)(CCCCCC)c1ccccc1. The summed E-state index contributed by atoms with van der Waals surface area (Å²) in [6.07, 6.45) is 26.2. The second-order valence-electron chi connectivity index (χ2n) is 8.80. The van der Waals surface area contributed by atoms with Crippen LogP contribution in [0.15, 0.2) is 54.6 Å². The van der Waals surface area contributed by atoms with Crippen molar-refractivity contribution >= 4 is 13.3 Å². The molecule has 0 saturated carbocycles. The van der Waals surface area contributed by atoms with Gasteiger partial charge in [0.1, 0.15) is 0 Å². The van der Waals surface area contributed by atoms with E-state index in [0.717, 1.165) is 0 Å². The minimum absolute atomic E-state index is 1.26. The Labute approximate surface area is 183 Å². The van der Waals surface area contributed by atoms with Crippen molar-refractivity contribution in [1.82, 2.24) is 0 Å². The second kappa shape index (κ2) is 17.7. The van der Waals surface area contributed by atoms with E-state index in [0.29, 0.717) is 0 Å². The van der Waals surface area contributed by atoms with Crippen LogP contribution in [0, 0.1) is 0 Å². The highest BCUT2D eigenvalue weighted by Crippen LogP contribution is 2.26. The number of hydrogen-bond donors (Lipinski definition) is 0. The van der Waals surface area contributed by atoms with Crippen molar-refractivity contribution < 1.29 is 0 Å². The predicted octanol–water partition coefficient (Wildman–Crippen LogP) is 9.20. The summed E-state index contributed by atoms with van der Waals surface area (Å²) in [5.74, 6) is 0. The van der Waals surface area contributed by atoms with E-state index < -0.39 is 8.07 Å². The Morgan fingerprint density at radius 2 is 1.10 bits per heavy atom. The fraction of sp³-hybridized carbons (Fsp3) is 0.643. The zero-order chi connectivity index (χ0) is 21.0. The van der Waals surface area contributed by atoms with Crippen LogP contribution in [0.1, 0.15) is 97.8 Å². The molecule has 1 aromatic rings. The maximum absolute atomic E-state index is 2.56. The molecule has 0 bridgehead atoms. The van der Waals surface area contributed by atoms with Crippen molar-refractivity contribution in [3.8, 4) is 0 Å². The molecule has 0 atom stereocenters. The molecule has 0 aliphatic carbocycles. The van der Waals surface area contributed by atoms with Gasteiger partial charge in [0.15, 0.2) is 0 Å². The molecule has 0 spiro atoms. The summed E-state index contributed by atoms with van der Waals surface area (Å²) in [5.41, 5.74) is 0. The lowest BCUT2D eigenvalue weighted by Gasteiger charge is -2.31. The molecule has 0 saturated heterocycles. The molecular weight excluding hydrogens is 364 g/mol. The summed E-state index contributed by atoms with van der Waals surface area (Å²) in [6.45, 7) is 6.90. The number of hydrogen-bond acceptors (Lipinski definition) is 0. The summed E-state index contributed by atoms with van der Waals surface area (Å²) in [4.78, 5) is 0. The fourth-order valence-electron chi connectivity index (χ4n) is 4.23. The highest BCUT2D eigenvalue weighted by molar-refractivity contribution is 6.92. The topological polar surface area (TPSA) is 0 Å². The molecule has 164 valence electrons. The maximum Gasteiger partial charge on any atom is 0.0940 e. The molecule has 0 radical (unpaired) electrons. The molecule has 0 unspecified atom stereocenters. The first kappa shape index (κ1) is 26.0. The minimum Gasteiger partial charge on any atom is -0.0909 e. The second-order valence-corrected chi connectivity index (χ2v) is 13.3. The molecule has 1 aromatic carbocycles. The van der Waals surface area contributed by atoms with Crippen molar-refractivity contribution in [2.24, 2.45) is 0 Å². The van der Waals surface area contributed by atoms with Gasteiger partial charge in [-0.25, -0.2) is 0 Å². The zero-order valence-corrected chi connectivity index (χ0v) is 20.8. The first-order valence-electron chi connectivity index (χ1n) is 12.6. The van der Waals surface area contributed by atoms with Crippen molar-refractivity contribution in [3.63, 3.8) is 0 Å². The molecular formula is C28H48Si. The molecule has 0 nitrogen and oxygen atoms in total.